The van der Waals surface area contributed by atoms with Crippen molar-refractivity contribution >= 4 is 5.95 Å². The van der Waals surface area contributed by atoms with Gasteiger partial charge in [0.15, 0.2) is 0 Å². The van der Waals surface area contributed by atoms with Gasteiger partial charge in [-0.3, -0.25) is 0 Å². The van der Waals surface area contributed by atoms with Crippen LogP contribution < -0.4 is 10.6 Å². The Morgan fingerprint density at radius 2 is 2.42 bits per heavy atom. The fraction of sp³-hybridized carbons (Fsp3) is 0.625. The maximum absolute atomic E-state index is 5.49. The Hall–Kier alpha value is -1.03. The van der Waals surface area contributed by atoms with Crippen LogP contribution in [0.25, 0.3) is 0 Å². The van der Waals surface area contributed by atoms with Gasteiger partial charge in [0.25, 0.3) is 0 Å². The molecule has 1 aliphatic rings. The molecule has 1 aromatic heterocycles. The van der Waals surface area contributed by atoms with Crippen LogP contribution in [0.1, 0.15) is 5.69 Å². The summed E-state index contributed by atoms with van der Waals surface area (Å²) >= 11 is 0. The van der Waals surface area contributed by atoms with E-state index >= 15 is 0 Å². The zero-order valence-corrected chi connectivity index (χ0v) is 7.32. The van der Waals surface area contributed by atoms with Gasteiger partial charge in [0.1, 0.15) is 0 Å². The molecule has 2 N–H and O–H groups in total. The number of aromatic nitrogens is 2. The fourth-order valence-electron chi connectivity index (χ4n) is 1.65. The molecule has 0 saturated carbocycles. The van der Waals surface area contributed by atoms with Crippen molar-refractivity contribution in [1.82, 2.24) is 9.55 Å². The number of fused-ring (bicyclic) bond motifs is 1. The van der Waals surface area contributed by atoms with Gasteiger partial charge >= 0.3 is 0 Å². The van der Waals surface area contributed by atoms with Crippen LogP contribution in [0.5, 0.6) is 0 Å². The normalized spacial score (nSPS) is 15.3. The van der Waals surface area contributed by atoms with E-state index in [2.05, 4.69) is 21.5 Å². The molecule has 4 nitrogen and oxygen atoms in total. The van der Waals surface area contributed by atoms with E-state index in [1.165, 1.54) is 5.69 Å². The van der Waals surface area contributed by atoms with E-state index in [-0.39, 0.29) is 0 Å². The third-order valence-electron chi connectivity index (χ3n) is 2.32. The number of imidazole rings is 1. The summed E-state index contributed by atoms with van der Waals surface area (Å²) < 4.78 is 2.24. The first kappa shape index (κ1) is 7.61. The van der Waals surface area contributed by atoms with Gasteiger partial charge in [-0.15, -0.1) is 0 Å². The van der Waals surface area contributed by atoms with Gasteiger partial charge in [0, 0.05) is 32.3 Å². The molecule has 0 fully saturated rings. The number of nitrogens with two attached hydrogens (primary N) is 1. The lowest BCUT2D eigenvalue weighted by molar-refractivity contribution is 0.736. The van der Waals surface area contributed by atoms with Crippen molar-refractivity contribution in [2.75, 3.05) is 25.0 Å². The third-order valence-corrected chi connectivity index (χ3v) is 2.32. The molecule has 0 aliphatic carbocycles. The molecular formula is C8H14N4. The minimum Gasteiger partial charge on any atom is -0.344 e. The molecular weight excluding hydrogens is 152 g/mol. The quantitative estimate of drug-likeness (QED) is 0.663. The zero-order chi connectivity index (χ0) is 8.55. The molecule has 66 valence electrons. The standard InChI is InChI=1S/C8H14N4/c1-11-4-5-12-7(2-3-9)6-10-8(11)12/h6H,2-5,9H2,1H3. The lowest BCUT2D eigenvalue weighted by Gasteiger charge is -2.05. The molecule has 0 spiro atoms. The van der Waals surface area contributed by atoms with Crippen molar-refractivity contribution in [3.05, 3.63) is 11.9 Å². The van der Waals surface area contributed by atoms with Gasteiger partial charge in [-0.2, -0.15) is 0 Å². The highest BCUT2D eigenvalue weighted by molar-refractivity contribution is 5.36. The van der Waals surface area contributed by atoms with E-state index in [9.17, 15) is 0 Å². The Kier molecular flexibility index (Phi) is 1.77. The molecule has 0 bridgehead atoms. The molecule has 1 aliphatic heterocycles. The number of hydrogen-bond donors (Lipinski definition) is 1. The highest BCUT2D eigenvalue weighted by atomic mass is 15.3. The van der Waals surface area contributed by atoms with Crippen LogP contribution in [0.2, 0.25) is 0 Å². The van der Waals surface area contributed by atoms with Crippen molar-refractivity contribution in [2.45, 2.75) is 13.0 Å². The van der Waals surface area contributed by atoms with Gasteiger partial charge in [-0.05, 0) is 6.54 Å². The molecule has 0 unspecified atom stereocenters. The molecule has 0 aromatic carbocycles. The molecule has 0 radical (unpaired) electrons. The van der Waals surface area contributed by atoms with Gasteiger partial charge in [0.2, 0.25) is 5.95 Å². The highest BCUT2D eigenvalue weighted by Gasteiger charge is 2.18. The first-order chi connectivity index (χ1) is 5.83. The predicted octanol–water partition coefficient (Wildman–Crippen LogP) is -0.166. The van der Waals surface area contributed by atoms with E-state index in [4.69, 9.17) is 5.73 Å². The van der Waals surface area contributed by atoms with Crippen LogP contribution in [0, 0.1) is 0 Å². The average molecular weight is 166 g/mol. The maximum atomic E-state index is 5.49. The molecule has 0 amide bonds. The smallest absolute Gasteiger partial charge is 0.205 e. The Labute approximate surface area is 72.0 Å². The summed E-state index contributed by atoms with van der Waals surface area (Å²) in [6.07, 6.45) is 2.86. The monoisotopic (exact) mass is 166 g/mol. The second kappa shape index (κ2) is 2.79. The largest absolute Gasteiger partial charge is 0.344 e. The van der Waals surface area contributed by atoms with Crippen molar-refractivity contribution < 1.29 is 0 Å². The van der Waals surface area contributed by atoms with Crippen LogP contribution in [-0.2, 0) is 13.0 Å². The number of rotatable bonds is 2. The summed E-state index contributed by atoms with van der Waals surface area (Å²) in [7, 11) is 2.07. The summed E-state index contributed by atoms with van der Waals surface area (Å²) in [5, 5.41) is 0. The molecule has 0 saturated heterocycles. The van der Waals surface area contributed by atoms with Crippen LogP contribution in [0.4, 0.5) is 5.95 Å². The number of hydrogen-bond acceptors (Lipinski definition) is 3. The van der Waals surface area contributed by atoms with E-state index in [0.29, 0.717) is 6.54 Å². The fourth-order valence-corrected chi connectivity index (χ4v) is 1.65. The average Bonchev–Trinajstić information content (AvgIpc) is 2.58. The summed E-state index contributed by atoms with van der Waals surface area (Å²) in [4.78, 5) is 6.50. The minimum absolute atomic E-state index is 0.703. The second-order valence-corrected chi connectivity index (χ2v) is 3.16. The summed E-state index contributed by atoms with van der Waals surface area (Å²) in [6.45, 7) is 2.83. The number of nitrogens with zero attached hydrogens (tertiary/aromatic N) is 3. The molecule has 12 heavy (non-hydrogen) atoms. The van der Waals surface area contributed by atoms with Crippen molar-refractivity contribution in [3.8, 4) is 0 Å². The van der Waals surface area contributed by atoms with Crippen LogP contribution in [0.15, 0.2) is 6.20 Å². The van der Waals surface area contributed by atoms with E-state index in [1.807, 2.05) is 6.20 Å². The Morgan fingerprint density at radius 3 is 3.17 bits per heavy atom. The first-order valence-electron chi connectivity index (χ1n) is 4.28. The number of likely N-dealkylation sites (N-methyl/N-ethyl adjacent to an activating group) is 1. The van der Waals surface area contributed by atoms with E-state index in [1.54, 1.807) is 0 Å². The van der Waals surface area contributed by atoms with Gasteiger partial charge in [0.05, 0.1) is 6.20 Å². The van der Waals surface area contributed by atoms with Crippen molar-refractivity contribution in [1.29, 1.82) is 0 Å². The van der Waals surface area contributed by atoms with Gasteiger partial charge in [-0.1, -0.05) is 0 Å². The third kappa shape index (κ3) is 0.992. The van der Waals surface area contributed by atoms with Crippen molar-refractivity contribution in [3.63, 3.8) is 0 Å². The minimum atomic E-state index is 0.703. The summed E-state index contributed by atoms with van der Waals surface area (Å²) in [5.74, 6) is 1.08. The van der Waals surface area contributed by atoms with Gasteiger partial charge < -0.3 is 15.2 Å². The Morgan fingerprint density at radius 1 is 1.58 bits per heavy atom. The van der Waals surface area contributed by atoms with Crippen molar-refractivity contribution in [2.24, 2.45) is 5.73 Å². The highest BCUT2D eigenvalue weighted by Crippen LogP contribution is 2.19. The molecule has 0 atom stereocenters. The van der Waals surface area contributed by atoms with E-state index in [0.717, 1.165) is 25.5 Å². The maximum Gasteiger partial charge on any atom is 0.205 e. The zero-order valence-electron chi connectivity index (χ0n) is 7.32. The lowest BCUT2D eigenvalue weighted by atomic mass is 10.3. The second-order valence-electron chi connectivity index (χ2n) is 3.16. The van der Waals surface area contributed by atoms with Crippen LogP contribution >= 0.6 is 0 Å². The predicted molar refractivity (Wildman–Crippen MR) is 48.3 cm³/mol. The van der Waals surface area contributed by atoms with Gasteiger partial charge in [-0.25, -0.2) is 4.98 Å². The molecule has 2 heterocycles. The topological polar surface area (TPSA) is 47.1 Å². The Balaban J connectivity index is 2.30. The summed E-state index contributed by atoms with van der Waals surface area (Å²) in [5.41, 5.74) is 6.75. The number of anilines is 1. The molecule has 4 heteroatoms. The van der Waals surface area contributed by atoms with Crippen LogP contribution in [0.3, 0.4) is 0 Å². The van der Waals surface area contributed by atoms with Crippen LogP contribution in [-0.4, -0.2) is 29.7 Å². The summed E-state index contributed by atoms with van der Waals surface area (Å²) in [6, 6.07) is 0. The molecule has 2 rings (SSSR count). The SMILES string of the molecule is CN1CCn2c(CCN)cnc21. The lowest BCUT2D eigenvalue weighted by Crippen LogP contribution is -2.13. The Bertz CT molecular complexity index is 279. The first-order valence-corrected chi connectivity index (χ1v) is 4.28. The molecule has 1 aromatic rings. The van der Waals surface area contributed by atoms with E-state index < -0.39 is 0 Å².